The molecular weight excluding hydrogens is 244 g/mol. The lowest BCUT2D eigenvalue weighted by Gasteiger charge is -2.08. The quantitative estimate of drug-likeness (QED) is 0.870. The second kappa shape index (κ2) is 6.77. The molecule has 2 heteroatoms. The molecule has 1 N–H and O–H groups in total. The van der Waals surface area contributed by atoms with E-state index in [0.717, 1.165) is 18.7 Å². The molecular formula is C18H20N2. The van der Waals surface area contributed by atoms with Crippen molar-refractivity contribution in [2.75, 3.05) is 5.32 Å². The summed E-state index contributed by atoms with van der Waals surface area (Å²) in [7, 11) is 0. The first-order chi connectivity index (χ1) is 9.67. The molecule has 20 heavy (non-hydrogen) atoms. The minimum atomic E-state index is 0.689. The largest absolute Gasteiger partial charge is 0.381 e. The smallest absolute Gasteiger partial charge is 0.0991 e. The summed E-state index contributed by atoms with van der Waals surface area (Å²) < 4.78 is 0. The molecule has 0 saturated carbocycles. The van der Waals surface area contributed by atoms with Gasteiger partial charge < -0.3 is 5.32 Å². The molecule has 0 heterocycles. The zero-order chi connectivity index (χ0) is 14.4. The number of nitrogens with one attached hydrogen (secondary N) is 1. The molecule has 0 aliphatic heterocycles. The molecule has 0 fully saturated rings. The predicted octanol–water partition coefficient (Wildman–Crippen LogP) is 4.37. The molecule has 0 bridgehead atoms. The van der Waals surface area contributed by atoms with Crippen LogP contribution in [-0.2, 0) is 13.0 Å². The first-order valence-electron chi connectivity index (χ1n) is 6.99. The maximum atomic E-state index is 8.75. The van der Waals surface area contributed by atoms with Gasteiger partial charge in [0.2, 0.25) is 0 Å². The normalized spacial score (nSPS) is 10.3. The van der Waals surface area contributed by atoms with Crippen molar-refractivity contribution in [1.82, 2.24) is 0 Å². The van der Waals surface area contributed by atoms with Crippen LogP contribution in [0.25, 0.3) is 0 Å². The Hall–Kier alpha value is -2.27. The van der Waals surface area contributed by atoms with E-state index in [1.807, 2.05) is 24.3 Å². The highest BCUT2D eigenvalue weighted by atomic mass is 14.9. The number of rotatable bonds is 5. The molecule has 0 aliphatic rings. The topological polar surface area (TPSA) is 35.8 Å². The first kappa shape index (κ1) is 14.1. The average Bonchev–Trinajstić information content (AvgIpc) is 2.46. The van der Waals surface area contributed by atoms with Gasteiger partial charge >= 0.3 is 0 Å². The van der Waals surface area contributed by atoms with Crippen LogP contribution in [-0.4, -0.2) is 0 Å². The fourth-order valence-electron chi connectivity index (χ4n) is 2.13. The van der Waals surface area contributed by atoms with Crippen LogP contribution in [0.15, 0.2) is 48.5 Å². The van der Waals surface area contributed by atoms with Crippen molar-refractivity contribution < 1.29 is 0 Å². The van der Waals surface area contributed by atoms with Crippen molar-refractivity contribution in [1.29, 1.82) is 5.26 Å². The molecule has 2 aromatic rings. The molecule has 0 radical (unpaired) electrons. The van der Waals surface area contributed by atoms with Gasteiger partial charge in [0.15, 0.2) is 0 Å². The number of hydrogen-bond donors (Lipinski definition) is 1. The molecule has 2 rings (SSSR count). The van der Waals surface area contributed by atoms with E-state index in [2.05, 4.69) is 49.5 Å². The van der Waals surface area contributed by atoms with Gasteiger partial charge in [0.25, 0.3) is 0 Å². The van der Waals surface area contributed by atoms with Crippen LogP contribution in [0, 0.1) is 17.2 Å². The van der Waals surface area contributed by atoms with Gasteiger partial charge in [0, 0.05) is 12.2 Å². The third kappa shape index (κ3) is 4.13. The van der Waals surface area contributed by atoms with Crippen molar-refractivity contribution in [2.24, 2.45) is 5.92 Å². The zero-order valence-corrected chi connectivity index (χ0v) is 12.1. The van der Waals surface area contributed by atoms with Crippen molar-refractivity contribution in [3.05, 3.63) is 65.2 Å². The maximum Gasteiger partial charge on any atom is 0.0991 e. The van der Waals surface area contributed by atoms with E-state index in [9.17, 15) is 0 Å². The van der Waals surface area contributed by atoms with E-state index in [4.69, 9.17) is 5.26 Å². The number of hydrogen-bond acceptors (Lipinski definition) is 2. The summed E-state index contributed by atoms with van der Waals surface area (Å²) >= 11 is 0. The molecule has 2 aromatic carbocycles. The Kier molecular flexibility index (Phi) is 4.79. The summed E-state index contributed by atoms with van der Waals surface area (Å²) in [5.41, 5.74) is 4.38. The number of anilines is 1. The molecule has 2 nitrogen and oxygen atoms in total. The molecule has 0 aliphatic carbocycles. The van der Waals surface area contributed by atoms with Gasteiger partial charge in [0.1, 0.15) is 0 Å². The van der Waals surface area contributed by atoms with Crippen molar-refractivity contribution in [3.8, 4) is 6.07 Å². The van der Waals surface area contributed by atoms with E-state index < -0.39 is 0 Å². The molecule has 0 unspecified atom stereocenters. The molecule has 0 aromatic heterocycles. The summed E-state index contributed by atoms with van der Waals surface area (Å²) in [5.74, 6) is 0.692. The maximum absolute atomic E-state index is 8.75. The highest BCUT2D eigenvalue weighted by Crippen LogP contribution is 2.13. The SMILES string of the molecule is CC(C)Cc1ccc(CNc2ccc(C#N)cc2)cc1. The molecule has 0 saturated heterocycles. The minimum Gasteiger partial charge on any atom is -0.381 e. The molecule has 0 amide bonds. The fourth-order valence-corrected chi connectivity index (χ4v) is 2.13. The summed E-state index contributed by atoms with van der Waals surface area (Å²) in [6, 6.07) is 18.4. The lowest BCUT2D eigenvalue weighted by atomic mass is 10.0. The Balaban J connectivity index is 1.91. The Bertz CT molecular complexity index is 574. The number of nitriles is 1. The fraction of sp³-hybridized carbons (Fsp3) is 0.278. The van der Waals surface area contributed by atoms with Gasteiger partial charge in [-0.3, -0.25) is 0 Å². The third-order valence-electron chi connectivity index (χ3n) is 3.18. The van der Waals surface area contributed by atoms with Crippen molar-refractivity contribution in [3.63, 3.8) is 0 Å². The van der Waals surface area contributed by atoms with Crippen LogP contribution in [0.3, 0.4) is 0 Å². The van der Waals surface area contributed by atoms with Crippen molar-refractivity contribution >= 4 is 5.69 Å². The summed E-state index contributed by atoms with van der Waals surface area (Å²) in [4.78, 5) is 0. The van der Waals surface area contributed by atoms with Crippen LogP contribution in [0.1, 0.15) is 30.5 Å². The third-order valence-corrected chi connectivity index (χ3v) is 3.18. The molecule has 0 atom stereocenters. The van der Waals surface area contributed by atoms with Gasteiger partial charge in [-0.2, -0.15) is 5.26 Å². The van der Waals surface area contributed by atoms with E-state index in [-0.39, 0.29) is 0 Å². The summed E-state index contributed by atoms with van der Waals surface area (Å²) in [6.45, 7) is 5.27. The Morgan fingerprint density at radius 3 is 2.10 bits per heavy atom. The molecule has 0 spiro atoms. The van der Waals surface area contributed by atoms with Gasteiger partial charge in [-0.1, -0.05) is 38.1 Å². The predicted molar refractivity (Wildman–Crippen MR) is 83.5 cm³/mol. The van der Waals surface area contributed by atoms with Crippen molar-refractivity contribution in [2.45, 2.75) is 26.8 Å². The monoisotopic (exact) mass is 264 g/mol. The van der Waals surface area contributed by atoms with Gasteiger partial charge in [-0.05, 0) is 47.7 Å². The van der Waals surface area contributed by atoms with Gasteiger partial charge in [-0.15, -0.1) is 0 Å². The Morgan fingerprint density at radius 2 is 1.55 bits per heavy atom. The van der Waals surface area contributed by atoms with Gasteiger partial charge in [0.05, 0.1) is 11.6 Å². The average molecular weight is 264 g/mol. The van der Waals surface area contributed by atoms with Gasteiger partial charge in [-0.25, -0.2) is 0 Å². The van der Waals surface area contributed by atoms with Crippen LogP contribution >= 0.6 is 0 Å². The lowest BCUT2D eigenvalue weighted by Crippen LogP contribution is -2.00. The zero-order valence-electron chi connectivity index (χ0n) is 12.1. The standard InChI is InChI=1S/C18H20N2/c1-14(2)11-15-3-5-17(6-4-15)13-20-18-9-7-16(12-19)8-10-18/h3-10,14,20H,11,13H2,1-2H3. The van der Waals surface area contributed by atoms with E-state index in [0.29, 0.717) is 11.5 Å². The summed E-state index contributed by atoms with van der Waals surface area (Å²) in [6.07, 6.45) is 1.13. The Labute approximate surface area is 121 Å². The van der Waals surface area contributed by atoms with Crippen LogP contribution < -0.4 is 5.32 Å². The minimum absolute atomic E-state index is 0.689. The number of benzene rings is 2. The van der Waals surface area contributed by atoms with E-state index >= 15 is 0 Å². The second-order valence-corrected chi connectivity index (χ2v) is 5.46. The van der Waals surface area contributed by atoms with Crippen LogP contribution in [0.2, 0.25) is 0 Å². The summed E-state index contributed by atoms with van der Waals surface area (Å²) in [5, 5.41) is 12.1. The van der Waals surface area contributed by atoms with Crippen LogP contribution in [0.4, 0.5) is 5.69 Å². The highest BCUT2D eigenvalue weighted by molar-refractivity contribution is 5.47. The highest BCUT2D eigenvalue weighted by Gasteiger charge is 1.99. The molecule has 102 valence electrons. The number of nitrogens with zero attached hydrogens (tertiary/aromatic N) is 1. The van der Waals surface area contributed by atoms with E-state index in [1.165, 1.54) is 11.1 Å². The first-order valence-corrected chi connectivity index (χ1v) is 6.99. The lowest BCUT2D eigenvalue weighted by molar-refractivity contribution is 0.647. The second-order valence-electron chi connectivity index (χ2n) is 5.46. The Morgan fingerprint density at radius 1 is 0.950 bits per heavy atom. The van der Waals surface area contributed by atoms with E-state index in [1.54, 1.807) is 0 Å². The van der Waals surface area contributed by atoms with Crippen LogP contribution in [0.5, 0.6) is 0 Å².